The van der Waals surface area contributed by atoms with E-state index in [2.05, 4.69) is 9.97 Å². The number of carbonyl (C=O) groups excluding carboxylic acids is 1. The van der Waals surface area contributed by atoms with E-state index in [0.29, 0.717) is 29.9 Å². The summed E-state index contributed by atoms with van der Waals surface area (Å²) in [5, 5.41) is 0.365. The maximum atomic E-state index is 12.2. The number of nitrogens with zero attached hydrogens (tertiary/aromatic N) is 3. The van der Waals surface area contributed by atoms with Gasteiger partial charge in [0.1, 0.15) is 23.7 Å². The minimum atomic E-state index is -0.289. The van der Waals surface area contributed by atoms with Crippen LogP contribution in [0.15, 0.2) is 36.4 Å². The van der Waals surface area contributed by atoms with Crippen LogP contribution in [0.4, 0.5) is 4.79 Å². The Morgan fingerprint density at radius 2 is 1.96 bits per heavy atom. The monoisotopic (exact) mass is 361 g/mol. The summed E-state index contributed by atoms with van der Waals surface area (Å²) in [5.74, 6) is 1.05. The zero-order chi connectivity index (χ0) is 17.6. The van der Waals surface area contributed by atoms with Gasteiger partial charge in [-0.15, -0.1) is 0 Å². The molecule has 6 nitrogen and oxygen atoms in total. The van der Waals surface area contributed by atoms with Gasteiger partial charge in [0.25, 0.3) is 0 Å². The number of benzene rings is 1. The van der Waals surface area contributed by atoms with Crippen LogP contribution >= 0.6 is 11.6 Å². The second-order valence-corrected chi connectivity index (χ2v) is 6.31. The molecule has 7 heteroatoms. The lowest BCUT2D eigenvalue weighted by atomic mass is 10.1. The molecule has 1 aromatic carbocycles. The Balaban J connectivity index is 1.45. The molecule has 0 radical (unpaired) electrons. The molecule has 1 fully saturated rings. The lowest BCUT2D eigenvalue weighted by molar-refractivity contribution is 0.0624. The molecule has 0 unspecified atom stereocenters. The standard InChI is InChI=1S/C18H20ClN3O3/c1-13-20-16(19)11-17(21-13)25-15-7-9-22(10-8-15)18(23)24-12-14-5-3-2-4-6-14/h2-6,11,15H,7-10,12H2,1H3. The average Bonchev–Trinajstić information content (AvgIpc) is 2.60. The van der Waals surface area contributed by atoms with Gasteiger partial charge in [-0.3, -0.25) is 0 Å². The Morgan fingerprint density at radius 1 is 1.24 bits per heavy atom. The van der Waals surface area contributed by atoms with Gasteiger partial charge in [-0.2, -0.15) is 4.98 Å². The van der Waals surface area contributed by atoms with Gasteiger partial charge in [0, 0.05) is 32.0 Å². The van der Waals surface area contributed by atoms with Crippen molar-refractivity contribution in [3.05, 3.63) is 52.9 Å². The minimum absolute atomic E-state index is 0.00328. The molecule has 2 aromatic rings. The number of likely N-dealkylation sites (tertiary alicyclic amines) is 1. The van der Waals surface area contributed by atoms with Crippen molar-refractivity contribution in [1.29, 1.82) is 0 Å². The van der Waals surface area contributed by atoms with Gasteiger partial charge in [0.2, 0.25) is 5.88 Å². The Labute approximate surface area is 151 Å². The zero-order valence-corrected chi connectivity index (χ0v) is 14.8. The average molecular weight is 362 g/mol. The second-order valence-electron chi connectivity index (χ2n) is 5.92. The van der Waals surface area contributed by atoms with Gasteiger partial charge in [0.05, 0.1) is 0 Å². The molecule has 3 rings (SSSR count). The van der Waals surface area contributed by atoms with E-state index >= 15 is 0 Å². The van der Waals surface area contributed by atoms with Crippen molar-refractivity contribution in [3.8, 4) is 5.88 Å². The van der Waals surface area contributed by atoms with Crippen LogP contribution in [-0.4, -0.2) is 40.2 Å². The summed E-state index contributed by atoms with van der Waals surface area (Å²) < 4.78 is 11.2. The topological polar surface area (TPSA) is 64.5 Å². The van der Waals surface area contributed by atoms with Gasteiger partial charge < -0.3 is 14.4 Å². The number of aryl methyl sites for hydroxylation is 1. The fourth-order valence-electron chi connectivity index (χ4n) is 2.70. The van der Waals surface area contributed by atoms with Gasteiger partial charge in [-0.1, -0.05) is 41.9 Å². The number of carbonyl (C=O) groups is 1. The van der Waals surface area contributed by atoms with Gasteiger partial charge in [0.15, 0.2) is 0 Å². The molecule has 1 aliphatic heterocycles. The first-order valence-corrected chi connectivity index (χ1v) is 8.61. The predicted molar refractivity (Wildman–Crippen MR) is 93.6 cm³/mol. The summed E-state index contributed by atoms with van der Waals surface area (Å²) in [6.45, 7) is 3.24. The van der Waals surface area contributed by atoms with E-state index in [0.717, 1.165) is 18.4 Å². The van der Waals surface area contributed by atoms with Crippen molar-refractivity contribution in [3.63, 3.8) is 0 Å². The third-order valence-corrected chi connectivity index (χ3v) is 4.17. The molecule has 0 N–H and O–H groups in total. The highest BCUT2D eigenvalue weighted by Gasteiger charge is 2.25. The SMILES string of the molecule is Cc1nc(Cl)cc(OC2CCN(C(=O)OCc3ccccc3)CC2)n1. The molecule has 25 heavy (non-hydrogen) atoms. The van der Waals surface area contributed by atoms with Crippen molar-refractivity contribution in [2.75, 3.05) is 13.1 Å². The Bertz CT molecular complexity index is 699. The van der Waals surface area contributed by atoms with Crippen molar-refractivity contribution in [2.45, 2.75) is 32.5 Å². The summed E-state index contributed by atoms with van der Waals surface area (Å²) in [5.41, 5.74) is 0.977. The molecule has 0 bridgehead atoms. The largest absolute Gasteiger partial charge is 0.474 e. The van der Waals surface area contributed by atoms with Crippen molar-refractivity contribution in [1.82, 2.24) is 14.9 Å². The molecule has 0 saturated carbocycles. The number of ether oxygens (including phenoxy) is 2. The molecule has 1 aromatic heterocycles. The highest BCUT2D eigenvalue weighted by Crippen LogP contribution is 2.20. The molecule has 1 aliphatic rings. The van der Waals surface area contributed by atoms with Gasteiger partial charge >= 0.3 is 6.09 Å². The molecule has 0 aliphatic carbocycles. The maximum absolute atomic E-state index is 12.2. The van der Waals surface area contributed by atoms with Crippen LogP contribution < -0.4 is 4.74 Å². The normalized spacial score (nSPS) is 15.0. The number of hydrogen-bond donors (Lipinski definition) is 0. The number of halogens is 1. The molecule has 132 valence electrons. The quantitative estimate of drug-likeness (QED) is 0.778. The first-order chi connectivity index (χ1) is 12.1. The van der Waals surface area contributed by atoms with Crippen molar-refractivity contribution < 1.29 is 14.3 Å². The number of piperidine rings is 1. The molecule has 1 saturated heterocycles. The van der Waals surface area contributed by atoms with Crippen LogP contribution in [0.1, 0.15) is 24.2 Å². The highest BCUT2D eigenvalue weighted by molar-refractivity contribution is 6.29. The van der Waals surface area contributed by atoms with Crippen LogP contribution in [0, 0.1) is 6.92 Å². The minimum Gasteiger partial charge on any atom is -0.474 e. The zero-order valence-electron chi connectivity index (χ0n) is 14.0. The summed E-state index contributed by atoms with van der Waals surface area (Å²) >= 11 is 5.92. The first-order valence-electron chi connectivity index (χ1n) is 8.23. The Kier molecular flexibility index (Phi) is 5.71. The van der Waals surface area contributed by atoms with Gasteiger partial charge in [-0.25, -0.2) is 9.78 Å². The predicted octanol–water partition coefficient (Wildman–Crippen LogP) is 3.62. The highest BCUT2D eigenvalue weighted by atomic mass is 35.5. The molecular formula is C18H20ClN3O3. The van der Waals surface area contributed by atoms with Gasteiger partial charge in [-0.05, 0) is 12.5 Å². The molecule has 0 atom stereocenters. The summed E-state index contributed by atoms with van der Waals surface area (Å²) in [6, 6.07) is 11.3. The molecular weight excluding hydrogens is 342 g/mol. The summed E-state index contributed by atoms with van der Waals surface area (Å²) in [4.78, 5) is 22.1. The lowest BCUT2D eigenvalue weighted by Gasteiger charge is -2.31. The Hall–Kier alpha value is -2.34. The fourth-order valence-corrected chi connectivity index (χ4v) is 2.92. The summed E-state index contributed by atoms with van der Waals surface area (Å²) in [7, 11) is 0. The van der Waals surface area contributed by atoms with E-state index in [4.69, 9.17) is 21.1 Å². The summed E-state index contributed by atoms with van der Waals surface area (Å²) in [6.07, 6.45) is 1.16. The smallest absolute Gasteiger partial charge is 0.410 e. The lowest BCUT2D eigenvalue weighted by Crippen LogP contribution is -2.42. The molecule has 0 spiro atoms. The van der Waals surface area contributed by atoms with E-state index in [1.165, 1.54) is 0 Å². The van der Waals surface area contributed by atoms with Crippen LogP contribution in [0.5, 0.6) is 5.88 Å². The Morgan fingerprint density at radius 3 is 2.64 bits per heavy atom. The number of aromatic nitrogens is 2. The number of hydrogen-bond acceptors (Lipinski definition) is 5. The van der Waals surface area contributed by atoms with Crippen LogP contribution in [-0.2, 0) is 11.3 Å². The number of amides is 1. The van der Waals surface area contributed by atoms with E-state index < -0.39 is 0 Å². The number of rotatable bonds is 4. The van der Waals surface area contributed by atoms with E-state index in [1.54, 1.807) is 17.9 Å². The third-order valence-electron chi connectivity index (χ3n) is 3.98. The first kappa shape index (κ1) is 17.5. The molecule has 2 heterocycles. The third kappa shape index (κ3) is 5.06. The molecule has 1 amide bonds. The van der Waals surface area contributed by atoms with E-state index in [-0.39, 0.29) is 18.8 Å². The van der Waals surface area contributed by atoms with Crippen LogP contribution in [0.3, 0.4) is 0 Å². The van der Waals surface area contributed by atoms with E-state index in [1.807, 2.05) is 30.3 Å². The van der Waals surface area contributed by atoms with Crippen LogP contribution in [0.2, 0.25) is 5.15 Å². The second kappa shape index (κ2) is 8.16. The fraction of sp³-hybridized carbons (Fsp3) is 0.389. The van der Waals surface area contributed by atoms with Crippen molar-refractivity contribution >= 4 is 17.7 Å². The van der Waals surface area contributed by atoms with Crippen molar-refractivity contribution in [2.24, 2.45) is 0 Å². The van der Waals surface area contributed by atoms with Crippen LogP contribution in [0.25, 0.3) is 0 Å². The van der Waals surface area contributed by atoms with E-state index in [9.17, 15) is 4.79 Å². The maximum Gasteiger partial charge on any atom is 0.410 e.